The second-order valence-electron chi connectivity index (χ2n) is 7.70. The molecule has 1 aliphatic rings. The van der Waals surface area contributed by atoms with Gasteiger partial charge in [0.05, 0.1) is 29.7 Å². The van der Waals surface area contributed by atoms with E-state index in [1.165, 1.54) is 43.5 Å². The third kappa shape index (κ3) is 4.11. The van der Waals surface area contributed by atoms with Gasteiger partial charge in [0, 0.05) is 6.54 Å². The molecule has 1 heterocycles. The van der Waals surface area contributed by atoms with Crippen LogP contribution in [-0.2, 0) is 24.3 Å². The third-order valence-corrected chi connectivity index (χ3v) is 7.52. The molecule has 3 aromatic carbocycles. The molecule has 1 saturated heterocycles. The number of esters is 1. The fraction of sp³-hybridized carbons (Fsp3) is 0.160. The summed E-state index contributed by atoms with van der Waals surface area (Å²) in [6.45, 7) is 3.48. The number of hydrogen-bond donors (Lipinski definition) is 0. The van der Waals surface area contributed by atoms with E-state index in [-0.39, 0.29) is 29.1 Å². The Morgan fingerprint density at radius 2 is 1.76 bits per heavy atom. The van der Waals surface area contributed by atoms with Gasteiger partial charge >= 0.3 is 5.97 Å². The molecule has 174 valence electrons. The normalized spacial score (nSPS) is 16.3. The van der Waals surface area contributed by atoms with Gasteiger partial charge in [-0.15, -0.1) is 6.58 Å². The van der Waals surface area contributed by atoms with Crippen LogP contribution in [0.3, 0.4) is 0 Å². The minimum atomic E-state index is -4.12. The first kappa shape index (κ1) is 23.3. The fourth-order valence-corrected chi connectivity index (χ4v) is 5.55. The number of carbonyl (C=O) groups is 3. The Kier molecular flexibility index (Phi) is 6.32. The fourth-order valence-electron chi connectivity index (χ4n) is 3.96. The number of fused-ring (bicyclic) bond motifs is 1. The predicted molar refractivity (Wildman–Crippen MR) is 127 cm³/mol. The topological polar surface area (TPSA) is 101 Å². The second-order valence-corrected chi connectivity index (χ2v) is 9.59. The Balaban J connectivity index is 1.67. The molecule has 0 aromatic heterocycles. The highest BCUT2D eigenvalue weighted by Gasteiger charge is 2.46. The van der Waals surface area contributed by atoms with Crippen molar-refractivity contribution in [1.29, 1.82) is 0 Å². The van der Waals surface area contributed by atoms with E-state index < -0.39 is 33.8 Å². The molecule has 1 aliphatic heterocycles. The highest BCUT2D eigenvalue weighted by Crippen LogP contribution is 2.30. The standard InChI is InChI=1S/C25H22N2O6S/c1-3-14-26(34(31,32)21-13-10-17-6-4-5-7-19(17)15-21)22-16-23(28)27(24(22)29)20-11-8-18(9-12-20)25(30)33-2/h3-13,15,22H,1,14,16H2,2H3. The van der Waals surface area contributed by atoms with E-state index in [0.717, 1.165) is 20.0 Å². The molecule has 0 aliphatic carbocycles. The van der Waals surface area contributed by atoms with Crippen LogP contribution in [0.15, 0.2) is 84.3 Å². The van der Waals surface area contributed by atoms with E-state index in [4.69, 9.17) is 0 Å². The van der Waals surface area contributed by atoms with E-state index in [1.54, 1.807) is 18.2 Å². The van der Waals surface area contributed by atoms with Crippen molar-refractivity contribution in [1.82, 2.24) is 4.31 Å². The Hall–Kier alpha value is -3.82. The molecule has 0 spiro atoms. The van der Waals surface area contributed by atoms with Crippen molar-refractivity contribution in [2.24, 2.45) is 0 Å². The Bertz CT molecular complexity index is 1400. The number of ether oxygens (including phenoxy) is 1. The van der Waals surface area contributed by atoms with E-state index in [2.05, 4.69) is 11.3 Å². The van der Waals surface area contributed by atoms with Gasteiger partial charge in [-0.25, -0.2) is 18.1 Å². The van der Waals surface area contributed by atoms with Crippen LogP contribution in [0, 0.1) is 0 Å². The van der Waals surface area contributed by atoms with Crippen molar-refractivity contribution in [3.05, 3.63) is 84.9 Å². The van der Waals surface area contributed by atoms with Gasteiger partial charge in [0.15, 0.2) is 0 Å². The maximum absolute atomic E-state index is 13.5. The maximum Gasteiger partial charge on any atom is 0.337 e. The molecule has 0 N–H and O–H groups in total. The van der Waals surface area contributed by atoms with Gasteiger partial charge < -0.3 is 4.74 Å². The zero-order valence-electron chi connectivity index (χ0n) is 18.4. The molecule has 9 heteroatoms. The quantitative estimate of drug-likeness (QED) is 0.294. The Morgan fingerprint density at radius 3 is 2.41 bits per heavy atom. The van der Waals surface area contributed by atoms with E-state index in [9.17, 15) is 22.8 Å². The molecule has 0 radical (unpaired) electrons. The first-order valence-corrected chi connectivity index (χ1v) is 11.9. The number of imide groups is 1. The van der Waals surface area contributed by atoms with Crippen LogP contribution in [-0.4, -0.2) is 50.2 Å². The monoisotopic (exact) mass is 478 g/mol. The second kappa shape index (κ2) is 9.20. The number of amides is 2. The zero-order valence-corrected chi connectivity index (χ0v) is 19.2. The number of rotatable bonds is 7. The van der Waals surface area contributed by atoms with Crippen LogP contribution in [0.4, 0.5) is 5.69 Å². The van der Waals surface area contributed by atoms with Crippen LogP contribution in [0.1, 0.15) is 16.8 Å². The van der Waals surface area contributed by atoms with Gasteiger partial charge in [0.1, 0.15) is 6.04 Å². The largest absolute Gasteiger partial charge is 0.465 e. The summed E-state index contributed by atoms with van der Waals surface area (Å²) >= 11 is 0. The molecule has 3 aromatic rings. The molecule has 0 bridgehead atoms. The van der Waals surface area contributed by atoms with Crippen molar-refractivity contribution in [3.8, 4) is 0 Å². The minimum Gasteiger partial charge on any atom is -0.465 e. The molecule has 34 heavy (non-hydrogen) atoms. The van der Waals surface area contributed by atoms with Crippen LogP contribution in [0.5, 0.6) is 0 Å². The summed E-state index contributed by atoms with van der Waals surface area (Å²) in [6, 6.07) is 16.6. The van der Waals surface area contributed by atoms with E-state index in [0.29, 0.717) is 0 Å². The molecule has 4 rings (SSSR count). The number of nitrogens with zero attached hydrogens (tertiary/aromatic N) is 2. The van der Waals surface area contributed by atoms with Crippen molar-refractivity contribution < 1.29 is 27.5 Å². The van der Waals surface area contributed by atoms with Crippen molar-refractivity contribution in [2.45, 2.75) is 17.4 Å². The lowest BCUT2D eigenvalue weighted by molar-refractivity contribution is -0.122. The van der Waals surface area contributed by atoms with Crippen LogP contribution >= 0.6 is 0 Å². The molecular formula is C25H22N2O6S. The smallest absolute Gasteiger partial charge is 0.337 e. The molecule has 1 atom stereocenters. The number of methoxy groups -OCH3 is 1. The van der Waals surface area contributed by atoms with Gasteiger partial charge in [0.25, 0.3) is 5.91 Å². The summed E-state index contributed by atoms with van der Waals surface area (Å²) in [5, 5.41) is 1.62. The van der Waals surface area contributed by atoms with E-state index >= 15 is 0 Å². The SMILES string of the molecule is C=CCN(C1CC(=O)N(c2ccc(C(=O)OC)cc2)C1=O)S(=O)(=O)c1ccc2ccccc2c1. The van der Waals surface area contributed by atoms with E-state index in [1.807, 2.05) is 18.2 Å². The highest BCUT2D eigenvalue weighted by atomic mass is 32.2. The van der Waals surface area contributed by atoms with Crippen molar-refractivity contribution in [2.75, 3.05) is 18.6 Å². The molecule has 1 fully saturated rings. The molecule has 2 amide bonds. The van der Waals surface area contributed by atoms with Gasteiger partial charge in [-0.05, 0) is 47.2 Å². The average Bonchev–Trinajstić information content (AvgIpc) is 3.14. The molecule has 8 nitrogen and oxygen atoms in total. The summed E-state index contributed by atoms with van der Waals surface area (Å²) in [6.07, 6.45) is 1.07. The summed E-state index contributed by atoms with van der Waals surface area (Å²) in [4.78, 5) is 38.7. The third-order valence-electron chi connectivity index (χ3n) is 5.65. The maximum atomic E-state index is 13.5. The summed E-state index contributed by atoms with van der Waals surface area (Å²) in [5.74, 6) is -1.76. The lowest BCUT2D eigenvalue weighted by Crippen LogP contribution is -2.45. The Labute approximate surface area is 197 Å². The molecular weight excluding hydrogens is 456 g/mol. The number of carbonyl (C=O) groups excluding carboxylic acids is 3. The minimum absolute atomic E-state index is 0.0224. The van der Waals surface area contributed by atoms with Gasteiger partial charge in [-0.1, -0.05) is 36.4 Å². The van der Waals surface area contributed by atoms with Gasteiger partial charge in [-0.2, -0.15) is 4.31 Å². The number of benzene rings is 3. The predicted octanol–water partition coefficient (Wildman–Crippen LogP) is 3.14. The summed E-state index contributed by atoms with van der Waals surface area (Å²) in [7, 11) is -2.87. The first-order valence-electron chi connectivity index (χ1n) is 10.4. The summed E-state index contributed by atoms with van der Waals surface area (Å²) in [5.41, 5.74) is 0.501. The van der Waals surface area contributed by atoms with Crippen LogP contribution in [0.2, 0.25) is 0 Å². The number of sulfonamides is 1. The van der Waals surface area contributed by atoms with Gasteiger partial charge in [0.2, 0.25) is 15.9 Å². The Morgan fingerprint density at radius 1 is 1.09 bits per heavy atom. The average molecular weight is 479 g/mol. The summed E-state index contributed by atoms with van der Waals surface area (Å²) < 4.78 is 32.8. The van der Waals surface area contributed by atoms with Crippen molar-refractivity contribution in [3.63, 3.8) is 0 Å². The highest BCUT2D eigenvalue weighted by molar-refractivity contribution is 7.89. The van der Waals surface area contributed by atoms with Crippen LogP contribution in [0.25, 0.3) is 10.8 Å². The lowest BCUT2D eigenvalue weighted by atomic mass is 10.1. The van der Waals surface area contributed by atoms with Crippen LogP contribution < -0.4 is 4.90 Å². The molecule has 1 unspecified atom stereocenters. The number of hydrogen-bond acceptors (Lipinski definition) is 6. The van der Waals surface area contributed by atoms with Gasteiger partial charge in [-0.3, -0.25) is 9.59 Å². The molecule has 0 saturated carbocycles. The zero-order chi connectivity index (χ0) is 24.5. The first-order chi connectivity index (χ1) is 16.3. The number of anilines is 1. The van der Waals surface area contributed by atoms with Crippen molar-refractivity contribution >= 4 is 44.3 Å². The lowest BCUT2D eigenvalue weighted by Gasteiger charge is -2.26.